The van der Waals surface area contributed by atoms with Crippen LogP contribution in [0.1, 0.15) is 37.0 Å². The highest BCUT2D eigenvalue weighted by molar-refractivity contribution is 7.97. The Morgan fingerprint density at radius 2 is 1.94 bits per heavy atom. The number of alkyl carbamates (subject to hydrolysis) is 1. The predicted octanol–water partition coefficient (Wildman–Crippen LogP) is 3.32. The van der Waals surface area contributed by atoms with E-state index in [1.807, 2.05) is 0 Å². The van der Waals surface area contributed by atoms with Crippen molar-refractivity contribution in [2.75, 3.05) is 13.7 Å². The number of nitrogens with one attached hydrogen (secondary N) is 1. The van der Waals surface area contributed by atoms with E-state index in [1.54, 1.807) is 26.8 Å². The quantitative estimate of drug-likeness (QED) is 0.198. The maximum atomic E-state index is 12.3. The highest BCUT2D eigenvalue weighted by atomic mass is 35.5. The van der Waals surface area contributed by atoms with Gasteiger partial charge in [-0.05, 0) is 50.9 Å². The number of primary amides is 1. The van der Waals surface area contributed by atoms with Crippen molar-refractivity contribution in [1.82, 2.24) is 14.6 Å². The lowest BCUT2D eigenvalue weighted by Gasteiger charge is -2.27. The number of aromatic nitrogens is 1. The molecule has 14 heteroatoms. The zero-order valence-corrected chi connectivity index (χ0v) is 21.6. The first-order valence-electron chi connectivity index (χ1n) is 10.5. The van der Waals surface area contributed by atoms with Crippen molar-refractivity contribution in [2.24, 2.45) is 5.73 Å². The summed E-state index contributed by atoms with van der Waals surface area (Å²) < 4.78 is 11.4. The summed E-state index contributed by atoms with van der Waals surface area (Å²) in [5.41, 5.74) is 4.78. The molecule has 1 aromatic carbocycles. The smallest absolute Gasteiger partial charge is 0.408 e. The molecule has 12 nitrogen and oxygen atoms in total. The molecule has 0 aliphatic carbocycles. The van der Waals surface area contributed by atoms with E-state index >= 15 is 0 Å². The molecule has 0 spiro atoms. The maximum absolute atomic E-state index is 12.3. The Balaban J connectivity index is 2.40. The second-order valence-corrected chi connectivity index (χ2v) is 9.97. The zero-order chi connectivity index (χ0) is 27.0. The summed E-state index contributed by atoms with van der Waals surface area (Å²) in [5, 5.41) is 14.1. The Bertz CT molecular complexity index is 1140. The predicted molar refractivity (Wildman–Crippen MR) is 132 cm³/mol. The first-order chi connectivity index (χ1) is 16.8. The summed E-state index contributed by atoms with van der Waals surface area (Å²) >= 11 is 7.08. The Morgan fingerprint density at radius 1 is 1.28 bits per heavy atom. The van der Waals surface area contributed by atoms with Gasteiger partial charge in [-0.3, -0.25) is 14.9 Å². The van der Waals surface area contributed by atoms with Gasteiger partial charge in [-0.2, -0.15) is 0 Å². The largest absolute Gasteiger partial charge is 0.464 e. The highest BCUT2D eigenvalue weighted by Gasteiger charge is 2.27. The number of halogens is 1. The number of nitrogens with zero attached hydrogens (tertiary/aromatic N) is 3. The van der Waals surface area contributed by atoms with E-state index < -0.39 is 34.5 Å². The normalized spacial score (nSPS) is 12.1. The van der Waals surface area contributed by atoms with E-state index in [0.29, 0.717) is 5.69 Å². The summed E-state index contributed by atoms with van der Waals surface area (Å²) in [5.74, 6) is -1.57. The van der Waals surface area contributed by atoms with Gasteiger partial charge in [0.25, 0.3) is 5.69 Å². The molecule has 2 aromatic rings. The van der Waals surface area contributed by atoms with E-state index in [4.69, 9.17) is 26.8 Å². The topological polar surface area (TPSA) is 167 Å². The van der Waals surface area contributed by atoms with Crippen LogP contribution in [0, 0.1) is 10.1 Å². The Hall–Kier alpha value is -3.42. The van der Waals surface area contributed by atoms with Gasteiger partial charge in [0.15, 0.2) is 0 Å². The van der Waals surface area contributed by atoms with Gasteiger partial charge >= 0.3 is 12.1 Å². The fraction of sp³-hybridized carbons (Fsp3) is 0.364. The maximum Gasteiger partial charge on any atom is 0.408 e. The molecule has 1 aromatic heterocycles. The molecular formula is C22H26ClN5O7S. The van der Waals surface area contributed by atoms with Gasteiger partial charge in [0.05, 0.1) is 24.3 Å². The third-order valence-corrected chi connectivity index (χ3v) is 5.58. The molecule has 0 aliphatic rings. The average Bonchev–Trinajstić information content (AvgIpc) is 2.76. The van der Waals surface area contributed by atoms with Crippen molar-refractivity contribution in [3.8, 4) is 0 Å². The molecule has 3 N–H and O–H groups in total. The van der Waals surface area contributed by atoms with Crippen molar-refractivity contribution in [2.45, 2.75) is 43.9 Å². The van der Waals surface area contributed by atoms with Crippen LogP contribution >= 0.6 is 23.5 Å². The molecule has 0 saturated heterocycles. The first kappa shape index (κ1) is 28.8. The number of methoxy groups -OCH3 is 1. The van der Waals surface area contributed by atoms with Gasteiger partial charge in [-0.1, -0.05) is 23.7 Å². The van der Waals surface area contributed by atoms with Crippen LogP contribution < -0.4 is 11.1 Å². The monoisotopic (exact) mass is 539 g/mol. The summed E-state index contributed by atoms with van der Waals surface area (Å²) in [6.07, 6.45) is -0.865. The number of nitrogens with two attached hydrogens (primary N) is 1. The Kier molecular flexibility index (Phi) is 10.0. The molecule has 1 unspecified atom stereocenters. The van der Waals surface area contributed by atoms with E-state index in [2.05, 4.69) is 10.3 Å². The summed E-state index contributed by atoms with van der Waals surface area (Å²) in [6.45, 7) is 4.75. The lowest BCUT2D eigenvalue weighted by Crippen LogP contribution is -2.51. The zero-order valence-electron chi connectivity index (χ0n) is 20.0. The number of amides is 2. The Labute approximate surface area is 216 Å². The highest BCUT2D eigenvalue weighted by Crippen LogP contribution is 2.32. The molecule has 0 saturated carbocycles. The third kappa shape index (κ3) is 8.98. The van der Waals surface area contributed by atoms with Crippen LogP contribution in [0.2, 0.25) is 5.02 Å². The lowest BCUT2D eigenvalue weighted by atomic mass is 10.2. The molecule has 194 valence electrons. The van der Waals surface area contributed by atoms with Crippen LogP contribution in [0.25, 0.3) is 0 Å². The number of hydrogen-bond donors (Lipinski definition) is 2. The fourth-order valence-corrected chi connectivity index (χ4v) is 4.14. The molecule has 2 amide bonds. The van der Waals surface area contributed by atoms with Crippen molar-refractivity contribution in [3.63, 3.8) is 0 Å². The number of carbonyl (C=O) groups is 3. The number of ether oxygens (including phenoxy) is 2. The Morgan fingerprint density at radius 3 is 2.53 bits per heavy atom. The van der Waals surface area contributed by atoms with Crippen LogP contribution in [0.4, 0.5) is 10.5 Å². The van der Waals surface area contributed by atoms with Gasteiger partial charge in [0.1, 0.15) is 22.2 Å². The minimum absolute atomic E-state index is 0.0406. The number of nitro benzene ring substituents is 1. The number of nitro groups is 1. The minimum Gasteiger partial charge on any atom is -0.464 e. The van der Waals surface area contributed by atoms with Crippen molar-refractivity contribution >= 4 is 47.2 Å². The standard InChI is InChI=1S/C22H26ClN5O7S/c1-22(2,3)35-21(31)26-16(19(24)29)12-27(36-18-8-6-5-7-17(18)28(32)33)11-14-9-13(23)10-15(25-14)20(30)34-4/h5-10,16H,11-12H2,1-4H3,(H2,24,29)(H,26,31). The second-order valence-electron chi connectivity index (χ2n) is 8.39. The number of hydrogen-bond acceptors (Lipinski definition) is 10. The average molecular weight is 540 g/mol. The van der Waals surface area contributed by atoms with E-state index in [-0.39, 0.29) is 34.4 Å². The van der Waals surface area contributed by atoms with Gasteiger partial charge < -0.3 is 20.5 Å². The fourth-order valence-electron chi connectivity index (χ4n) is 2.84. The number of esters is 1. The molecule has 1 atom stereocenters. The van der Waals surface area contributed by atoms with Crippen molar-refractivity contribution in [1.29, 1.82) is 0 Å². The molecule has 2 rings (SSSR count). The molecule has 0 bridgehead atoms. The van der Waals surface area contributed by atoms with Gasteiger partial charge in [-0.25, -0.2) is 18.9 Å². The van der Waals surface area contributed by atoms with Crippen LogP contribution in [-0.4, -0.2) is 57.5 Å². The molecule has 0 aliphatic heterocycles. The molecule has 36 heavy (non-hydrogen) atoms. The number of pyridine rings is 1. The van der Waals surface area contributed by atoms with E-state index in [0.717, 1.165) is 11.9 Å². The van der Waals surface area contributed by atoms with Gasteiger partial charge in [0, 0.05) is 17.6 Å². The van der Waals surface area contributed by atoms with Crippen LogP contribution in [0.3, 0.4) is 0 Å². The molecule has 0 fully saturated rings. The van der Waals surface area contributed by atoms with E-state index in [1.165, 1.54) is 41.7 Å². The van der Waals surface area contributed by atoms with Gasteiger partial charge in [0.2, 0.25) is 5.91 Å². The molecule has 1 heterocycles. The number of para-hydroxylation sites is 1. The second kappa shape index (κ2) is 12.5. The SMILES string of the molecule is COC(=O)c1cc(Cl)cc(CN(CC(NC(=O)OC(C)(C)C)C(N)=O)Sc2ccccc2[N+](=O)[O-])n1. The third-order valence-electron chi connectivity index (χ3n) is 4.29. The van der Waals surface area contributed by atoms with E-state index in [9.17, 15) is 24.5 Å². The number of benzene rings is 1. The first-order valence-corrected chi connectivity index (χ1v) is 11.6. The minimum atomic E-state index is -1.23. The molecule has 0 radical (unpaired) electrons. The van der Waals surface area contributed by atoms with Crippen LogP contribution in [0.5, 0.6) is 0 Å². The summed E-state index contributed by atoms with van der Waals surface area (Å²) in [4.78, 5) is 51.9. The lowest BCUT2D eigenvalue weighted by molar-refractivity contribution is -0.387. The van der Waals surface area contributed by atoms with Gasteiger partial charge in [-0.15, -0.1) is 0 Å². The van der Waals surface area contributed by atoms with Crippen molar-refractivity contribution in [3.05, 3.63) is 62.9 Å². The number of rotatable bonds is 10. The van der Waals surface area contributed by atoms with Crippen LogP contribution in [0.15, 0.2) is 41.3 Å². The number of carbonyl (C=O) groups excluding carboxylic acids is 3. The van der Waals surface area contributed by atoms with Crippen molar-refractivity contribution < 1.29 is 28.8 Å². The summed E-state index contributed by atoms with van der Waals surface area (Å²) in [7, 11) is 1.20. The summed E-state index contributed by atoms with van der Waals surface area (Å²) in [6, 6.07) is 7.58. The van der Waals surface area contributed by atoms with Crippen LogP contribution in [-0.2, 0) is 20.8 Å². The molecular weight excluding hydrogens is 514 g/mol.